The van der Waals surface area contributed by atoms with E-state index in [-0.39, 0.29) is 29.6 Å². The maximum Gasteiger partial charge on any atom is 0.245 e. The van der Waals surface area contributed by atoms with Crippen molar-refractivity contribution in [1.82, 2.24) is 9.80 Å². The Morgan fingerprint density at radius 1 is 0.829 bits per heavy atom. The number of nitrogens with zero attached hydrogens (tertiary/aromatic N) is 2. The molecule has 0 radical (unpaired) electrons. The number of amides is 3. The van der Waals surface area contributed by atoms with Gasteiger partial charge in [0.05, 0.1) is 11.8 Å². The zero-order valence-electron chi connectivity index (χ0n) is 20.2. The molecule has 2 heterocycles. The van der Waals surface area contributed by atoms with Gasteiger partial charge in [-0.2, -0.15) is 11.8 Å². The SMILES string of the molecule is CSCC[C@@H](C(=O)N1CCCCCC1)N1C(=O)[C@@H]2C3c4ccccc4C(c4ccccc43)[C@@H]2C1=O. The Hall–Kier alpha value is -2.60. The van der Waals surface area contributed by atoms with Crippen LogP contribution in [0.2, 0.25) is 0 Å². The van der Waals surface area contributed by atoms with Crippen LogP contribution in [0.15, 0.2) is 48.5 Å². The molecule has 2 bridgehead atoms. The third kappa shape index (κ3) is 3.47. The summed E-state index contributed by atoms with van der Waals surface area (Å²) >= 11 is 1.66. The number of imide groups is 1. The van der Waals surface area contributed by atoms with Gasteiger partial charge in [-0.1, -0.05) is 61.4 Å². The predicted octanol–water partition coefficient (Wildman–Crippen LogP) is 4.40. The molecule has 3 amide bonds. The van der Waals surface area contributed by atoms with Crippen LogP contribution >= 0.6 is 11.8 Å². The molecule has 2 saturated heterocycles. The lowest BCUT2D eigenvalue weighted by Crippen LogP contribution is -2.52. The summed E-state index contributed by atoms with van der Waals surface area (Å²) in [6.07, 6.45) is 6.76. The second-order valence-electron chi connectivity index (χ2n) is 10.3. The lowest BCUT2D eigenvalue weighted by Gasteiger charge is -2.45. The van der Waals surface area contributed by atoms with Gasteiger partial charge in [0.1, 0.15) is 6.04 Å². The first-order valence-electron chi connectivity index (χ1n) is 13.0. The second-order valence-corrected chi connectivity index (χ2v) is 11.3. The molecular formula is C29H32N2O3S. The first-order chi connectivity index (χ1) is 17.1. The summed E-state index contributed by atoms with van der Waals surface area (Å²) in [5.41, 5.74) is 4.67. The highest BCUT2D eigenvalue weighted by atomic mass is 32.2. The Labute approximate surface area is 211 Å². The number of carbonyl (C=O) groups is 3. The molecule has 2 aliphatic heterocycles. The van der Waals surface area contributed by atoms with E-state index in [2.05, 4.69) is 24.3 Å². The molecule has 0 spiro atoms. The number of benzene rings is 2. The summed E-state index contributed by atoms with van der Waals surface area (Å²) in [5.74, 6) is -0.701. The fourth-order valence-corrected chi connectivity index (χ4v) is 7.56. The molecule has 3 aliphatic carbocycles. The standard InChI is InChI=1S/C29H32N2O3S/c1-35-17-14-22(27(32)30-15-8-2-3-9-16-30)31-28(33)25-23-18-10-4-5-11-19(18)24(26(25)29(31)34)21-13-7-6-12-20(21)23/h4-7,10-13,22-26H,2-3,8-9,14-17H2,1H3/t22-,23?,24?,25-,26+/m0/s1. The number of thioether (sulfide) groups is 1. The summed E-state index contributed by atoms with van der Waals surface area (Å²) in [6.45, 7) is 1.44. The number of rotatable bonds is 5. The van der Waals surface area contributed by atoms with Crippen molar-refractivity contribution in [3.63, 3.8) is 0 Å². The van der Waals surface area contributed by atoms with Crippen molar-refractivity contribution in [2.45, 2.75) is 50.0 Å². The van der Waals surface area contributed by atoms with E-state index in [9.17, 15) is 14.4 Å². The smallest absolute Gasteiger partial charge is 0.245 e. The van der Waals surface area contributed by atoms with Crippen LogP contribution in [0.1, 0.15) is 66.2 Å². The maximum absolute atomic E-state index is 14.1. The van der Waals surface area contributed by atoms with Crippen molar-refractivity contribution in [2.24, 2.45) is 11.8 Å². The highest BCUT2D eigenvalue weighted by Gasteiger charge is 2.63. The van der Waals surface area contributed by atoms with E-state index in [0.717, 1.165) is 44.5 Å². The quantitative estimate of drug-likeness (QED) is 0.586. The van der Waals surface area contributed by atoms with E-state index < -0.39 is 17.9 Å². The predicted molar refractivity (Wildman–Crippen MR) is 137 cm³/mol. The van der Waals surface area contributed by atoms with Gasteiger partial charge in [-0.25, -0.2) is 0 Å². The summed E-state index contributed by atoms with van der Waals surface area (Å²) in [6, 6.07) is 15.9. The molecule has 0 aromatic heterocycles. The summed E-state index contributed by atoms with van der Waals surface area (Å²) in [5, 5.41) is 0. The second kappa shape index (κ2) is 9.12. The lowest BCUT2D eigenvalue weighted by atomic mass is 9.55. The maximum atomic E-state index is 14.1. The average Bonchev–Trinajstić information content (AvgIpc) is 3.06. The van der Waals surface area contributed by atoms with E-state index in [0.29, 0.717) is 6.42 Å². The van der Waals surface area contributed by atoms with Crippen molar-refractivity contribution in [3.8, 4) is 0 Å². The largest absolute Gasteiger partial charge is 0.341 e. The van der Waals surface area contributed by atoms with Gasteiger partial charge in [0.15, 0.2) is 0 Å². The van der Waals surface area contributed by atoms with Gasteiger partial charge >= 0.3 is 0 Å². The summed E-state index contributed by atoms with van der Waals surface area (Å²) in [4.78, 5) is 45.4. The van der Waals surface area contributed by atoms with Crippen LogP contribution in [0.25, 0.3) is 0 Å². The number of hydrogen-bond donors (Lipinski definition) is 0. The molecular weight excluding hydrogens is 456 g/mol. The van der Waals surface area contributed by atoms with Crippen molar-refractivity contribution in [3.05, 3.63) is 70.8 Å². The van der Waals surface area contributed by atoms with Crippen LogP contribution < -0.4 is 0 Å². The zero-order valence-corrected chi connectivity index (χ0v) is 21.0. The first-order valence-corrected chi connectivity index (χ1v) is 14.3. The van der Waals surface area contributed by atoms with Gasteiger partial charge in [-0.15, -0.1) is 0 Å². The van der Waals surface area contributed by atoms with E-state index in [1.54, 1.807) is 11.8 Å². The Bertz CT molecular complexity index is 1060. The summed E-state index contributed by atoms with van der Waals surface area (Å²) in [7, 11) is 0. The normalized spacial score (nSPS) is 27.8. The number of likely N-dealkylation sites (tertiary alicyclic amines) is 2. The number of carbonyl (C=O) groups excluding carboxylic acids is 3. The van der Waals surface area contributed by atoms with Crippen LogP contribution in [0.5, 0.6) is 0 Å². The van der Waals surface area contributed by atoms with Gasteiger partial charge in [0.2, 0.25) is 17.7 Å². The molecule has 6 heteroatoms. The van der Waals surface area contributed by atoms with Crippen LogP contribution in [0.4, 0.5) is 0 Å². The highest BCUT2D eigenvalue weighted by Crippen LogP contribution is 2.61. The minimum atomic E-state index is -0.697. The minimum Gasteiger partial charge on any atom is -0.341 e. The molecule has 35 heavy (non-hydrogen) atoms. The van der Waals surface area contributed by atoms with Crippen molar-refractivity contribution in [2.75, 3.05) is 25.1 Å². The minimum absolute atomic E-state index is 0.0383. The fraction of sp³-hybridized carbons (Fsp3) is 0.483. The van der Waals surface area contributed by atoms with Crippen molar-refractivity contribution < 1.29 is 14.4 Å². The molecule has 2 fully saturated rings. The third-order valence-corrected chi connectivity index (χ3v) is 9.24. The van der Waals surface area contributed by atoms with Crippen LogP contribution in [-0.2, 0) is 14.4 Å². The molecule has 5 nitrogen and oxygen atoms in total. The highest BCUT2D eigenvalue weighted by molar-refractivity contribution is 7.98. The van der Waals surface area contributed by atoms with Gasteiger partial charge in [0, 0.05) is 24.9 Å². The van der Waals surface area contributed by atoms with E-state index in [4.69, 9.17) is 0 Å². The van der Waals surface area contributed by atoms with Crippen molar-refractivity contribution >= 4 is 29.5 Å². The van der Waals surface area contributed by atoms with Gasteiger partial charge < -0.3 is 4.90 Å². The Morgan fingerprint density at radius 3 is 1.71 bits per heavy atom. The molecule has 0 unspecified atom stereocenters. The molecule has 7 rings (SSSR count). The van der Waals surface area contributed by atoms with Crippen LogP contribution in [0, 0.1) is 11.8 Å². The Morgan fingerprint density at radius 2 is 1.29 bits per heavy atom. The zero-order chi connectivity index (χ0) is 24.1. The Kier molecular flexibility index (Phi) is 5.95. The molecule has 182 valence electrons. The molecule has 3 atom stereocenters. The molecule has 5 aliphatic rings. The van der Waals surface area contributed by atoms with Crippen LogP contribution in [-0.4, -0.2) is 58.7 Å². The lowest BCUT2D eigenvalue weighted by molar-refractivity contribution is -0.151. The van der Waals surface area contributed by atoms with Crippen molar-refractivity contribution in [1.29, 1.82) is 0 Å². The van der Waals surface area contributed by atoms with Gasteiger partial charge in [-0.05, 0) is 53.5 Å². The Balaban J connectivity index is 1.41. The third-order valence-electron chi connectivity index (χ3n) is 8.59. The van der Waals surface area contributed by atoms with E-state index in [1.165, 1.54) is 27.2 Å². The molecule has 2 aromatic carbocycles. The van der Waals surface area contributed by atoms with Gasteiger partial charge in [-0.3, -0.25) is 19.3 Å². The van der Waals surface area contributed by atoms with E-state index >= 15 is 0 Å². The fourth-order valence-electron chi connectivity index (χ4n) is 7.10. The van der Waals surface area contributed by atoms with Crippen LogP contribution in [0.3, 0.4) is 0 Å². The molecule has 0 N–H and O–H groups in total. The molecule has 0 saturated carbocycles. The first kappa shape index (κ1) is 22.8. The molecule has 2 aromatic rings. The monoisotopic (exact) mass is 488 g/mol. The van der Waals surface area contributed by atoms with Gasteiger partial charge in [0.25, 0.3) is 0 Å². The topological polar surface area (TPSA) is 57.7 Å². The van der Waals surface area contributed by atoms with E-state index in [1.807, 2.05) is 35.4 Å². The summed E-state index contributed by atoms with van der Waals surface area (Å²) < 4.78 is 0. The average molecular weight is 489 g/mol. The number of hydrogen-bond acceptors (Lipinski definition) is 4.